The molecule has 26 heavy (non-hydrogen) atoms. The van der Waals surface area contributed by atoms with E-state index in [1.54, 1.807) is 7.11 Å². The van der Waals surface area contributed by atoms with Gasteiger partial charge in [-0.2, -0.15) is 0 Å². The number of carbonyl (C=O) groups excluding carboxylic acids is 1. The summed E-state index contributed by atoms with van der Waals surface area (Å²) in [6.45, 7) is 7.09. The third kappa shape index (κ3) is 5.09. The minimum atomic E-state index is -0.161. The molecule has 0 saturated carbocycles. The largest absolute Gasteiger partial charge is 0.497 e. The lowest BCUT2D eigenvalue weighted by molar-refractivity contribution is -0.907. The fraction of sp³-hybridized carbons (Fsp3) is 0.409. The number of ether oxygens (including phenoxy) is 1. The Morgan fingerprint density at radius 3 is 2.58 bits per heavy atom. The van der Waals surface area contributed by atoms with Gasteiger partial charge in [-0.05, 0) is 43.0 Å². The topological polar surface area (TPSA) is 42.8 Å². The molecule has 4 heteroatoms. The summed E-state index contributed by atoms with van der Waals surface area (Å²) < 4.78 is 5.28. The van der Waals surface area contributed by atoms with Gasteiger partial charge in [0.2, 0.25) is 0 Å². The highest BCUT2D eigenvalue weighted by molar-refractivity contribution is 5.94. The maximum absolute atomic E-state index is 12.8. The first kappa shape index (κ1) is 20.0. The van der Waals surface area contributed by atoms with Crippen molar-refractivity contribution in [1.29, 1.82) is 0 Å². The number of para-hydroxylation sites is 1. The fourth-order valence-electron chi connectivity index (χ4n) is 2.98. The molecule has 0 aliphatic carbocycles. The van der Waals surface area contributed by atoms with E-state index in [0.29, 0.717) is 5.92 Å². The molecule has 140 valence electrons. The zero-order valence-corrected chi connectivity index (χ0v) is 16.5. The molecule has 0 aliphatic rings. The maximum Gasteiger partial charge on any atom is 0.282 e. The molecule has 2 aromatic rings. The number of amides is 1. The molecular weight excluding hydrogens is 324 g/mol. The Kier molecular flexibility index (Phi) is 7.22. The van der Waals surface area contributed by atoms with Crippen LogP contribution >= 0.6 is 0 Å². The summed E-state index contributed by atoms with van der Waals surface area (Å²) >= 11 is 0. The Balaban J connectivity index is 2.05. The van der Waals surface area contributed by atoms with Gasteiger partial charge in [0.15, 0.2) is 6.04 Å². The van der Waals surface area contributed by atoms with E-state index in [1.807, 2.05) is 50.4 Å². The fourth-order valence-corrected chi connectivity index (χ4v) is 2.98. The quantitative estimate of drug-likeness (QED) is 0.763. The first-order valence-electron chi connectivity index (χ1n) is 9.31. The van der Waals surface area contributed by atoms with Crippen molar-refractivity contribution in [3.05, 3.63) is 59.7 Å². The average molecular weight is 356 g/mol. The van der Waals surface area contributed by atoms with E-state index in [9.17, 15) is 4.79 Å². The van der Waals surface area contributed by atoms with Gasteiger partial charge in [0.05, 0.1) is 14.2 Å². The van der Waals surface area contributed by atoms with Crippen molar-refractivity contribution in [2.24, 2.45) is 0 Å². The number of carbonyl (C=O) groups is 1. The number of benzene rings is 2. The van der Waals surface area contributed by atoms with E-state index in [0.717, 1.165) is 34.9 Å². The zero-order chi connectivity index (χ0) is 19.1. The SMILES string of the molecule is CC[C@@H](C)c1ccccc1NC(=O)[C@H](C)[NH+](C)Cc1cccc(OC)c1. The van der Waals surface area contributed by atoms with E-state index in [2.05, 4.69) is 31.3 Å². The van der Waals surface area contributed by atoms with Crippen LogP contribution in [0.15, 0.2) is 48.5 Å². The van der Waals surface area contributed by atoms with Gasteiger partial charge in [0.25, 0.3) is 5.91 Å². The Morgan fingerprint density at radius 2 is 1.88 bits per heavy atom. The number of nitrogens with one attached hydrogen (secondary N) is 2. The molecule has 4 nitrogen and oxygen atoms in total. The lowest BCUT2D eigenvalue weighted by Gasteiger charge is -2.22. The Labute approximate surface area is 157 Å². The average Bonchev–Trinajstić information content (AvgIpc) is 2.67. The van der Waals surface area contributed by atoms with Gasteiger partial charge >= 0.3 is 0 Å². The van der Waals surface area contributed by atoms with Crippen LogP contribution in [-0.2, 0) is 11.3 Å². The number of hydrogen-bond acceptors (Lipinski definition) is 2. The van der Waals surface area contributed by atoms with Gasteiger partial charge in [0, 0.05) is 11.3 Å². The highest BCUT2D eigenvalue weighted by Crippen LogP contribution is 2.26. The molecule has 3 atom stereocenters. The van der Waals surface area contributed by atoms with Crippen LogP contribution in [0.1, 0.15) is 44.2 Å². The van der Waals surface area contributed by atoms with Gasteiger partial charge < -0.3 is 15.0 Å². The lowest BCUT2D eigenvalue weighted by atomic mass is 9.97. The molecule has 0 saturated heterocycles. The summed E-state index contributed by atoms with van der Waals surface area (Å²) in [6.07, 6.45) is 1.05. The maximum atomic E-state index is 12.8. The van der Waals surface area contributed by atoms with Crippen molar-refractivity contribution < 1.29 is 14.4 Å². The van der Waals surface area contributed by atoms with Crippen molar-refractivity contribution >= 4 is 11.6 Å². The molecule has 0 heterocycles. The molecule has 1 amide bonds. The molecule has 2 rings (SSSR count). The van der Waals surface area contributed by atoms with Gasteiger partial charge in [-0.1, -0.05) is 44.2 Å². The van der Waals surface area contributed by atoms with Crippen molar-refractivity contribution in [2.45, 2.75) is 45.7 Å². The van der Waals surface area contributed by atoms with Gasteiger partial charge in [0.1, 0.15) is 12.3 Å². The molecule has 0 aliphatic heterocycles. The van der Waals surface area contributed by atoms with E-state index >= 15 is 0 Å². The Morgan fingerprint density at radius 1 is 1.15 bits per heavy atom. The molecular formula is C22H31N2O2+. The van der Waals surface area contributed by atoms with E-state index in [4.69, 9.17) is 4.74 Å². The van der Waals surface area contributed by atoms with Gasteiger partial charge in [-0.15, -0.1) is 0 Å². The third-order valence-electron chi connectivity index (χ3n) is 5.11. The molecule has 0 spiro atoms. The second kappa shape index (κ2) is 9.39. The summed E-state index contributed by atoms with van der Waals surface area (Å²) in [5, 5.41) is 3.13. The van der Waals surface area contributed by atoms with E-state index in [1.165, 1.54) is 5.56 Å². The number of quaternary nitrogens is 1. The van der Waals surface area contributed by atoms with Crippen LogP contribution < -0.4 is 15.0 Å². The minimum Gasteiger partial charge on any atom is -0.497 e. The Bertz CT molecular complexity index is 730. The van der Waals surface area contributed by atoms with Crippen molar-refractivity contribution in [3.8, 4) is 5.75 Å². The van der Waals surface area contributed by atoms with Crippen LogP contribution in [0, 0.1) is 0 Å². The van der Waals surface area contributed by atoms with Crippen LogP contribution in [0.2, 0.25) is 0 Å². The monoisotopic (exact) mass is 355 g/mol. The predicted molar refractivity (Wildman–Crippen MR) is 107 cm³/mol. The number of methoxy groups -OCH3 is 1. The minimum absolute atomic E-state index is 0.0427. The highest BCUT2D eigenvalue weighted by Gasteiger charge is 2.23. The molecule has 0 radical (unpaired) electrons. The van der Waals surface area contributed by atoms with E-state index in [-0.39, 0.29) is 11.9 Å². The number of likely N-dealkylation sites (N-methyl/N-ethyl adjacent to an activating group) is 1. The normalized spacial score (nSPS) is 14.3. The standard InChI is InChI=1S/C22H30N2O2/c1-6-16(2)20-12-7-8-13-21(20)23-22(25)17(3)24(4)15-18-10-9-11-19(14-18)26-5/h7-14,16-17H,6,15H2,1-5H3,(H,23,25)/p+1/t16-,17+/m1/s1. The first-order valence-corrected chi connectivity index (χ1v) is 9.31. The molecule has 2 aromatic carbocycles. The van der Waals surface area contributed by atoms with Gasteiger partial charge in [-0.3, -0.25) is 4.79 Å². The summed E-state index contributed by atoms with van der Waals surface area (Å²) in [5.41, 5.74) is 3.27. The molecule has 0 bridgehead atoms. The van der Waals surface area contributed by atoms with Crippen molar-refractivity contribution in [1.82, 2.24) is 0 Å². The van der Waals surface area contributed by atoms with Crippen LogP contribution in [0.3, 0.4) is 0 Å². The second-order valence-corrected chi connectivity index (χ2v) is 6.98. The lowest BCUT2D eigenvalue weighted by Crippen LogP contribution is -3.12. The van der Waals surface area contributed by atoms with Gasteiger partial charge in [-0.25, -0.2) is 0 Å². The number of hydrogen-bond donors (Lipinski definition) is 2. The zero-order valence-electron chi connectivity index (χ0n) is 16.5. The summed E-state index contributed by atoms with van der Waals surface area (Å²) in [6, 6.07) is 15.9. The Hall–Kier alpha value is -2.33. The second-order valence-electron chi connectivity index (χ2n) is 6.98. The predicted octanol–water partition coefficient (Wildman–Crippen LogP) is 3.25. The van der Waals surface area contributed by atoms with Crippen molar-refractivity contribution in [2.75, 3.05) is 19.5 Å². The smallest absolute Gasteiger partial charge is 0.282 e. The van der Waals surface area contributed by atoms with Crippen LogP contribution in [0.4, 0.5) is 5.69 Å². The molecule has 2 N–H and O–H groups in total. The molecule has 0 aromatic heterocycles. The molecule has 1 unspecified atom stereocenters. The summed E-state index contributed by atoms with van der Waals surface area (Å²) in [7, 11) is 3.71. The van der Waals surface area contributed by atoms with Crippen LogP contribution in [0.25, 0.3) is 0 Å². The highest BCUT2D eigenvalue weighted by atomic mass is 16.5. The number of rotatable bonds is 8. The van der Waals surface area contributed by atoms with Crippen LogP contribution in [-0.4, -0.2) is 26.1 Å². The summed E-state index contributed by atoms with van der Waals surface area (Å²) in [5.74, 6) is 1.31. The van der Waals surface area contributed by atoms with E-state index < -0.39 is 0 Å². The molecule has 0 fully saturated rings. The van der Waals surface area contributed by atoms with Crippen LogP contribution in [0.5, 0.6) is 5.75 Å². The summed E-state index contributed by atoms with van der Waals surface area (Å²) in [4.78, 5) is 13.9. The third-order valence-corrected chi connectivity index (χ3v) is 5.11. The number of anilines is 1. The first-order chi connectivity index (χ1) is 12.5. The van der Waals surface area contributed by atoms with Crippen molar-refractivity contribution in [3.63, 3.8) is 0 Å².